The van der Waals surface area contributed by atoms with Gasteiger partial charge in [0, 0.05) is 57.2 Å². The standard InChI is InChI=1S/C32H41N11O4/c1-23(20-42-22-36-39-40-42)47-30-16-24(4-5-25(30)17-33)26-18-34-32(35-19-26)37-29-21-43(38-31(29)46-13-3-12-44-2)28-8-6-27(7-9-28)41-10-14-45-15-11-41/h4-5,16,18-19,21-23,27-28H,3,6-15,20H2,1-2H3,(H,34,35,37)/t23-,27?,28?/m0/s1/i2D3. The third kappa shape index (κ3) is 8.39. The molecule has 2 fully saturated rings. The number of methoxy groups -OCH3 is 1. The van der Waals surface area contributed by atoms with Crippen LogP contribution in [0.3, 0.4) is 0 Å². The van der Waals surface area contributed by atoms with Gasteiger partial charge in [-0.25, -0.2) is 14.6 Å². The van der Waals surface area contributed by atoms with Crippen molar-refractivity contribution >= 4 is 11.6 Å². The summed E-state index contributed by atoms with van der Waals surface area (Å²) in [5.74, 6) is 1.16. The van der Waals surface area contributed by atoms with Crippen LogP contribution in [-0.4, -0.2) is 104 Å². The molecule has 15 nitrogen and oxygen atoms in total. The number of benzene rings is 1. The highest BCUT2D eigenvalue weighted by Crippen LogP contribution is 2.35. The maximum atomic E-state index is 9.66. The van der Waals surface area contributed by atoms with Crippen LogP contribution in [0.2, 0.25) is 0 Å². The van der Waals surface area contributed by atoms with Gasteiger partial charge in [0.2, 0.25) is 5.95 Å². The molecule has 2 aliphatic rings. The largest absolute Gasteiger partial charge is 0.487 e. The zero-order valence-corrected chi connectivity index (χ0v) is 26.4. The van der Waals surface area contributed by atoms with Gasteiger partial charge in [0.1, 0.15) is 29.9 Å². The van der Waals surface area contributed by atoms with Gasteiger partial charge in [0.05, 0.1) is 48.3 Å². The highest BCUT2D eigenvalue weighted by Gasteiger charge is 2.29. The summed E-state index contributed by atoms with van der Waals surface area (Å²) in [5, 5.41) is 28.9. The van der Waals surface area contributed by atoms with Crippen molar-refractivity contribution in [2.24, 2.45) is 0 Å². The first-order valence-corrected chi connectivity index (χ1v) is 15.9. The Labute approximate surface area is 278 Å². The number of hydrogen-bond acceptors (Lipinski definition) is 13. The molecule has 47 heavy (non-hydrogen) atoms. The van der Waals surface area contributed by atoms with Gasteiger partial charge < -0.3 is 24.3 Å². The lowest BCUT2D eigenvalue weighted by atomic mass is 9.90. The number of aromatic nitrogens is 8. The van der Waals surface area contributed by atoms with E-state index in [1.54, 1.807) is 29.2 Å². The van der Waals surface area contributed by atoms with Crippen LogP contribution in [0, 0.1) is 11.3 Å². The van der Waals surface area contributed by atoms with Crippen molar-refractivity contribution in [2.45, 2.75) is 63.8 Å². The molecule has 1 aliphatic carbocycles. The molecule has 1 saturated carbocycles. The summed E-state index contributed by atoms with van der Waals surface area (Å²) in [6, 6.07) is 8.27. The van der Waals surface area contributed by atoms with Crippen LogP contribution >= 0.6 is 0 Å². The Balaban J connectivity index is 1.13. The lowest BCUT2D eigenvalue weighted by molar-refractivity contribution is 0.00503. The summed E-state index contributed by atoms with van der Waals surface area (Å²) < 4.78 is 47.8. The molecule has 0 bridgehead atoms. The molecule has 1 aromatic carbocycles. The molecule has 0 unspecified atom stereocenters. The van der Waals surface area contributed by atoms with Crippen LogP contribution in [0.15, 0.2) is 43.1 Å². The first kappa shape index (κ1) is 28.6. The van der Waals surface area contributed by atoms with Gasteiger partial charge >= 0.3 is 0 Å². The van der Waals surface area contributed by atoms with E-state index in [1.165, 1.54) is 6.33 Å². The second kappa shape index (κ2) is 15.8. The highest BCUT2D eigenvalue weighted by molar-refractivity contribution is 5.67. The van der Waals surface area contributed by atoms with E-state index in [4.69, 9.17) is 28.2 Å². The van der Waals surface area contributed by atoms with Gasteiger partial charge in [-0.3, -0.25) is 9.58 Å². The number of anilines is 2. The average molecular weight is 647 g/mol. The van der Waals surface area contributed by atoms with Crippen molar-refractivity contribution in [3.8, 4) is 28.8 Å². The Morgan fingerprint density at radius 1 is 1.11 bits per heavy atom. The van der Waals surface area contributed by atoms with E-state index in [0.29, 0.717) is 47.8 Å². The lowest BCUT2D eigenvalue weighted by Gasteiger charge is -2.38. The van der Waals surface area contributed by atoms with E-state index in [-0.39, 0.29) is 25.4 Å². The van der Waals surface area contributed by atoms with Crippen molar-refractivity contribution in [3.05, 3.63) is 48.7 Å². The SMILES string of the molecule is [2H]C([2H])([2H])OCCCOc1nn(C2CCC(N3CCOCC3)CC2)cc1Nc1ncc(-c2ccc(C#N)c(O[C@@H](C)Cn3cnnn3)c2)cn1. The smallest absolute Gasteiger partial charge is 0.256 e. The van der Waals surface area contributed by atoms with Crippen molar-refractivity contribution in [1.29, 1.82) is 5.26 Å². The number of ether oxygens (including phenoxy) is 4. The average Bonchev–Trinajstić information content (AvgIpc) is 3.78. The lowest BCUT2D eigenvalue weighted by Crippen LogP contribution is -2.45. The van der Waals surface area contributed by atoms with Crippen LogP contribution in [-0.2, 0) is 16.0 Å². The molecule has 1 aliphatic heterocycles. The minimum absolute atomic E-state index is 0.0381. The molecule has 15 heteroatoms. The molecular formula is C32H41N11O4. The Morgan fingerprint density at radius 3 is 2.66 bits per heavy atom. The van der Waals surface area contributed by atoms with E-state index < -0.39 is 7.04 Å². The van der Waals surface area contributed by atoms with E-state index in [9.17, 15) is 5.26 Å². The maximum absolute atomic E-state index is 9.66. The van der Waals surface area contributed by atoms with Crippen molar-refractivity contribution in [2.75, 3.05) is 51.9 Å². The van der Waals surface area contributed by atoms with E-state index in [0.717, 1.165) is 63.1 Å². The Bertz CT molecular complexity index is 1700. The molecule has 1 N–H and O–H groups in total. The third-order valence-corrected chi connectivity index (χ3v) is 8.43. The summed E-state index contributed by atoms with van der Waals surface area (Å²) in [6.45, 7) is 6.10. The molecule has 248 valence electrons. The second-order valence-electron chi connectivity index (χ2n) is 11.7. The molecule has 4 heterocycles. The molecular weight excluding hydrogens is 602 g/mol. The summed E-state index contributed by atoms with van der Waals surface area (Å²) in [7, 11) is -2.45. The van der Waals surface area contributed by atoms with Crippen LogP contribution in [0.1, 0.15) is 54.7 Å². The van der Waals surface area contributed by atoms with E-state index >= 15 is 0 Å². The topological polar surface area (TPSA) is 163 Å². The van der Waals surface area contributed by atoms with Crippen LogP contribution in [0.5, 0.6) is 11.6 Å². The number of morpholine rings is 1. The van der Waals surface area contributed by atoms with Gasteiger partial charge in [-0.2, -0.15) is 5.26 Å². The normalized spacial score (nSPS) is 20.4. The number of nitrogens with zero attached hydrogens (tertiary/aromatic N) is 10. The number of rotatable bonds is 14. The highest BCUT2D eigenvalue weighted by atomic mass is 16.5. The van der Waals surface area contributed by atoms with Crippen molar-refractivity contribution in [3.63, 3.8) is 0 Å². The molecule has 4 aromatic rings. The molecule has 1 atom stereocenters. The van der Waals surface area contributed by atoms with E-state index in [2.05, 4.69) is 41.8 Å². The Kier molecular flexibility index (Phi) is 9.58. The molecule has 3 aromatic heterocycles. The fourth-order valence-electron chi connectivity index (χ4n) is 6.02. The monoisotopic (exact) mass is 646 g/mol. The van der Waals surface area contributed by atoms with Gasteiger partial charge in [-0.05, 0) is 60.7 Å². The minimum atomic E-state index is -2.45. The summed E-state index contributed by atoms with van der Waals surface area (Å²) in [4.78, 5) is 11.6. The molecule has 1 saturated heterocycles. The van der Waals surface area contributed by atoms with Gasteiger partial charge in [-0.1, -0.05) is 6.07 Å². The Morgan fingerprint density at radius 2 is 1.91 bits per heavy atom. The Hall–Kier alpha value is -4.65. The fourth-order valence-corrected chi connectivity index (χ4v) is 6.02. The second-order valence-corrected chi connectivity index (χ2v) is 11.7. The van der Waals surface area contributed by atoms with Crippen molar-refractivity contribution < 1.29 is 23.1 Å². The third-order valence-electron chi connectivity index (χ3n) is 8.43. The fraction of sp³-hybridized carbons (Fsp3) is 0.531. The van der Waals surface area contributed by atoms with E-state index in [1.807, 2.05) is 23.9 Å². The number of nitrogens with one attached hydrogen (secondary N) is 1. The predicted octanol–water partition coefficient (Wildman–Crippen LogP) is 3.64. The summed E-state index contributed by atoms with van der Waals surface area (Å²) in [6.07, 6.45) is 11.0. The number of nitriles is 1. The first-order chi connectivity index (χ1) is 24.2. The summed E-state index contributed by atoms with van der Waals surface area (Å²) >= 11 is 0. The molecule has 6 rings (SSSR count). The molecule has 0 amide bonds. The zero-order valence-electron chi connectivity index (χ0n) is 29.4. The zero-order chi connectivity index (χ0) is 34.9. The minimum Gasteiger partial charge on any atom is -0.487 e. The quantitative estimate of drug-likeness (QED) is 0.198. The van der Waals surface area contributed by atoms with Crippen LogP contribution < -0.4 is 14.8 Å². The molecule has 0 spiro atoms. The maximum Gasteiger partial charge on any atom is 0.256 e. The first-order valence-electron chi connectivity index (χ1n) is 17.4. The number of tetrazole rings is 1. The van der Waals surface area contributed by atoms with Crippen molar-refractivity contribution in [1.82, 2.24) is 44.9 Å². The molecule has 0 radical (unpaired) electrons. The van der Waals surface area contributed by atoms with Crippen LogP contribution in [0.4, 0.5) is 11.6 Å². The van der Waals surface area contributed by atoms with Gasteiger partial charge in [0.25, 0.3) is 5.88 Å². The van der Waals surface area contributed by atoms with Crippen LogP contribution in [0.25, 0.3) is 11.1 Å². The predicted molar refractivity (Wildman–Crippen MR) is 171 cm³/mol. The van der Waals surface area contributed by atoms with Gasteiger partial charge in [0.15, 0.2) is 0 Å². The number of hydrogen-bond donors (Lipinski definition) is 1. The van der Waals surface area contributed by atoms with Gasteiger partial charge in [-0.15, -0.1) is 10.2 Å². The summed E-state index contributed by atoms with van der Waals surface area (Å²) in [5.41, 5.74) is 2.52.